The van der Waals surface area contributed by atoms with Crippen LogP contribution in [0.25, 0.3) is 0 Å². The van der Waals surface area contributed by atoms with Gasteiger partial charge in [-0.05, 0) is 30.6 Å². The van der Waals surface area contributed by atoms with Crippen molar-refractivity contribution in [2.75, 3.05) is 0 Å². The minimum atomic E-state index is 0. The van der Waals surface area contributed by atoms with Gasteiger partial charge in [0, 0.05) is 1.43 Å². The van der Waals surface area contributed by atoms with Crippen molar-refractivity contribution in [2.45, 2.75) is 64.7 Å². The van der Waals surface area contributed by atoms with Gasteiger partial charge in [0.25, 0.3) is 0 Å². The molecule has 0 heterocycles. The Balaban J connectivity index is 0.000000980. The molecule has 1 nitrogen and oxygen atoms in total. The summed E-state index contributed by atoms with van der Waals surface area (Å²) in [5.41, 5.74) is 0. The van der Waals surface area contributed by atoms with E-state index >= 15 is 0 Å². The molecule has 0 spiro atoms. The van der Waals surface area contributed by atoms with Gasteiger partial charge in [-0.3, -0.25) is 0 Å². The van der Waals surface area contributed by atoms with Gasteiger partial charge in [0.2, 0.25) is 0 Å². The minimum Gasteiger partial charge on any atom is -0.412 e. The summed E-state index contributed by atoms with van der Waals surface area (Å²) >= 11 is 0. The van der Waals surface area contributed by atoms with Crippen LogP contribution in [0.1, 0.15) is 66.1 Å². The van der Waals surface area contributed by atoms with E-state index in [9.17, 15) is 0 Å². The van der Waals surface area contributed by atoms with Crippen molar-refractivity contribution >= 4 is 0 Å². The van der Waals surface area contributed by atoms with E-state index in [1.807, 2.05) is 0 Å². The SMILES string of the molecule is CC1CCC(C2CCCCC2)CC1.O.[HH]. The van der Waals surface area contributed by atoms with Crippen LogP contribution in [0.4, 0.5) is 0 Å². The molecule has 0 unspecified atom stereocenters. The van der Waals surface area contributed by atoms with Crippen molar-refractivity contribution in [1.82, 2.24) is 0 Å². The summed E-state index contributed by atoms with van der Waals surface area (Å²) in [5, 5.41) is 0. The molecule has 0 amide bonds. The van der Waals surface area contributed by atoms with Gasteiger partial charge in [-0.1, -0.05) is 51.9 Å². The normalized spacial score (nSPS) is 34.9. The zero-order chi connectivity index (χ0) is 9.10. The highest BCUT2D eigenvalue weighted by Gasteiger charge is 2.26. The number of hydrogen-bond donors (Lipinski definition) is 0. The molecule has 2 aliphatic rings. The minimum absolute atomic E-state index is 0. The van der Waals surface area contributed by atoms with E-state index in [2.05, 4.69) is 6.92 Å². The average Bonchev–Trinajstić information content (AvgIpc) is 2.20. The molecule has 0 aliphatic heterocycles. The maximum absolute atomic E-state index is 2.43. The molecule has 0 bridgehead atoms. The maximum atomic E-state index is 2.43. The molecule has 14 heavy (non-hydrogen) atoms. The average molecular weight is 200 g/mol. The van der Waals surface area contributed by atoms with E-state index < -0.39 is 0 Å². The molecule has 0 saturated heterocycles. The summed E-state index contributed by atoms with van der Waals surface area (Å²) in [6.07, 6.45) is 13.8. The van der Waals surface area contributed by atoms with Crippen LogP contribution in [0.15, 0.2) is 0 Å². The van der Waals surface area contributed by atoms with Gasteiger partial charge in [0.1, 0.15) is 0 Å². The Bertz CT molecular complexity index is 147. The molecule has 0 aromatic heterocycles. The molecule has 2 aliphatic carbocycles. The first-order chi connectivity index (χ1) is 6.36. The molecular formula is C13H28O. The zero-order valence-corrected chi connectivity index (χ0v) is 9.60. The van der Waals surface area contributed by atoms with Crippen molar-refractivity contribution in [3.8, 4) is 0 Å². The molecule has 0 aromatic carbocycles. The van der Waals surface area contributed by atoms with E-state index in [0.717, 1.165) is 17.8 Å². The molecule has 0 atom stereocenters. The molecule has 86 valence electrons. The Morgan fingerprint density at radius 3 is 1.79 bits per heavy atom. The standard InChI is InChI=1S/C13H24.H2O.H2/c1-11-7-9-13(10-8-11)12-5-3-2-4-6-12;;/h11-13H,2-10H2,1H3;1H2;1H. The Labute approximate surface area is 90.1 Å². The van der Waals surface area contributed by atoms with Gasteiger partial charge in [-0.2, -0.15) is 0 Å². The van der Waals surface area contributed by atoms with Gasteiger partial charge in [-0.25, -0.2) is 0 Å². The third-order valence-corrected chi connectivity index (χ3v) is 4.38. The predicted octanol–water partition coefficient (Wildman–Crippen LogP) is 3.81. The highest BCUT2D eigenvalue weighted by atomic mass is 16.0. The third kappa shape index (κ3) is 2.98. The van der Waals surface area contributed by atoms with Crippen LogP contribution >= 0.6 is 0 Å². The fraction of sp³-hybridized carbons (Fsp3) is 1.00. The lowest BCUT2D eigenvalue weighted by molar-refractivity contribution is 0.173. The number of rotatable bonds is 1. The van der Waals surface area contributed by atoms with E-state index in [1.54, 1.807) is 25.7 Å². The summed E-state index contributed by atoms with van der Waals surface area (Å²) in [6.45, 7) is 2.43. The van der Waals surface area contributed by atoms with Gasteiger partial charge in [-0.15, -0.1) is 0 Å². The van der Waals surface area contributed by atoms with Gasteiger partial charge in [0.05, 0.1) is 0 Å². The quantitative estimate of drug-likeness (QED) is 0.616. The molecule has 2 fully saturated rings. The fourth-order valence-corrected chi connectivity index (χ4v) is 3.36. The van der Waals surface area contributed by atoms with E-state index in [0.29, 0.717) is 0 Å². The van der Waals surface area contributed by atoms with Crippen LogP contribution < -0.4 is 0 Å². The van der Waals surface area contributed by atoms with Crippen LogP contribution in [-0.2, 0) is 0 Å². The second kappa shape index (κ2) is 5.75. The molecular weight excluding hydrogens is 172 g/mol. The zero-order valence-electron chi connectivity index (χ0n) is 9.60. The fourth-order valence-electron chi connectivity index (χ4n) is 3.36. The van der Waals surface area contributed by atoms with Crippen molar-refractivity contribution in [3.05, 3.63) is 0 Å². The highest BCUT2D eigenvalue weighted by molar-refractivity contribution is 4.78. The Hall–Kier alpha value is -0.0400. The number of hydrogen-bond acceptors (Lipinski definition) is 0. The summed E-state index contributed by atoms with van der Waals surface area (Å²) in [4.78, 5) is 0. The monoisotopic (exact) mass is 200 g/mol. The first-order valence-electron chi connectivity index (χ1n) is 6.36. The van der Waals surface area contributed by atoms with Crippen LogP contribution in [-0.4, -0.2) is 5.48 Å². The van der Waals surface area contributed by atoms with E-state index in [1.165, 1.54) is 32.1 Å². The topological polar surface area (TPSA) is 31.5 Å². The first-order valence-corrected chi connectivity index (χ1v) is 6.36. The summed E-state index contributed by atoms with van der Waals surface area (Å²) < 4.78 is 0. The summed E-state index contributed by atoms with van der Waals surface area (Å²) in [6, 6.07) is 0. The molecule has 1 heteroatoms. The third-order valence-electron chi connectivity index (χ3n) is 4.38. The van der Waals surface area contributed by atoms with Gasteiger partial charge >= 0.3 is 0 Å². The smallest absolute Gasteiger partial charge is 0 e. The summed E-state index contributed by atoms with van der Waals surface area (Å²) in [5.74, 6) is 3.28. The van der Waals surface area contributed by atoms with E-state index in [-0.39, 0.29) is 6.90 Å². The Kier molecular flexibility index (Phi) is 4.94. The Morgan fingerprint density at radius 1 is 0.714 bits per heavy atom. The largest absolute Gasteiger partial charge is 0.412 e. The van der Waals surface area contributed by atoms with Crippen molar-refractivity contribution in [2.24, 2.45) is 17.8 Å². The second-order valence-electron chi connectivity index (χ2n) is 5.42. The predicted molar refractivity (Wildman–Crippen MR) is 63.4 cm³/mol. The lowest BCUT2D eigenvalue weighted by Gasteiger charge is -2.34. The van der Waals surface area contributed by atoms with Crippen molar-refractivity contribution < 1.29 is 6.90 Å². The molecule has 0 radical (unpaired) electrons. The first kappa shape index (κ1) is 12.0. The molecule has 2 N–H and O–H groups in total. The summed E-state index contributed by atoms with van der Waals surface area (Å²) in [7, 11) is 0. The maximum Gasteiger partial charge on any atom is 0 e. The van der Waals surface area contributed by atoms with Crippen LogP contribution in [0.5, 0.6) is 0 Å². The van der Waals surface area contributed by atoms with Crippen molar-refractivity contribution in [3.63, 3.8) is 0 Å². The lowest BCUT2D eigenvalue weighted by Crippen LogP contribution is -2.22. The van der Waals surface area contributed by atoms with Gasteiger partial charge in [0.15, 0.2) is 0 Å². The molecule has 2 saturated carbocycles. The van der Waals surface area contributed by atoms with Crippen LogP contribution in [0.2, 0.25) is 0 Å². The van der Waals surface area contributed by atoms with E-state index in [4.69, 9.17) is 0 Å². The lowest BCUT2D eigenvalue weighted by atomic mass is 9.71. The molecule has 2 rings (SSSR count). The van der Waals surface area contributed by atoms with Crippen LogP contribution in [0, 0.1) is 17.8 Å². The second-order valence-corrected chi connectivity index (χ2v) is 5.42. The Morgan fingerprint density at radius 2 is 1.21 bits per heavy atom. The molecule has 0 aromatic rings. The highest BCUT2D eigenvalue weighted by Crippen LogP contribution is 2.39. The van der Waals surface area contributed by atoms with Gasteiger partial charge < -0.3 is 5.48 Å². The van der Waals surface area contributed by atoms with Crippen LogP contribution in [0.3, 0.4) is 0 Å². The van der Waals surface area contributed by atoms with Crippen molar-refractivity contribution in [1.29, 1.82) is 0 Å².